The van der Waals surface area contributed by atoms with E-state index in [4.69, 9.17) is 16.3 Å². The normalized spacial score (nSPS) is 23.0. The summed E-state index contributed by atoms with van der Waals surface area (Å²) in [6.07, 6.45) is 4.72. The Bertz CT molecular complexity index is 666. The molecule has 2 unspecified atom stereocenters. The summed E-state index contributed by atoms with van der Waals surface area (Å²) >= 11 is 6.20. The predicted octanol–water partition coefficient (Wildman–Crippen LogP) is 2.66. The molecular weight excluding hydrogens is 342 g/mol. The Morgan fingerprint density at radius 3 is 2.80 bits per heavy atom. The van der Waals surface area contributed by atoms with Gasteiger partial charge in [0.1, 0.15) is 5.75 Å². The molecule has 25 heavy (non-hydrogen) atoms. The van der Waals surface area contributed by atoms with Crippen molar-refractivity contribution in [3.8, 4) is 5.75 Å². The number of fused-ring (bicyclic) bond motifs is 1. The summed E-state index contributed by atoms with van der Waals surface area (Å²) in [5.41, 5.74) is 0.812. The van der Waals surface area contributed by atoms with Crippen molar-refractivity contribution < 1.29 is 14.3 Å². The van der Waals surface area contributed by atoms with E-state index in [1.54, 1.807) is 12.1 Å². The van der Waals surface area contributed by atoms with Crippen molar-refractivity contribution in [3.05, 3.63) is 22.7 Å². The van der Waals surface area contributed by atoms with E-state index in [-0.39, 0.29) is 17.9 Å². The molecule has 0 aliphatic carbocycles. The van der Waals surface area contributed by atoms with Gasteiger partial charge in [0.25, 0.3) is 5.91 Å². The molecule has 136 valence electrons. The van der Waals surface area contributed by atoms with Gasteiger partial charge in [-0.25, -0.2) is 0 Å². The maximum atomic E-state index is 12.7. The highest BCUT2D eigenvalue weighted by molar-refractivity contribution is 6.34. The standard InChI is InChI=1S/C18H24ClN3O3/c1-11(23)20-16-9-17(25-2)14(8-15(16)19)18(24)21-12-7-13-5-3-4-6-22(13)10-12/h8-9,12-13H,3-7,10H2,1-2H3,(H,20,23)(H,21,24). The van der Waals surface area contributed by atoms with Crippen LogP contribution in [0.25, 0.3) is 0 Å². The zero-order chi connectivity index (χ0) is 18.0. The molecule has 2 saturated heterocycles. The van der Waals surface area contributed by atoms with E-state index in [0.29, 0.717) is 28.1 Å². The topological polar surface area (TPSA) is 70.7 Å². The van der Waals surface area contributed by atoms with E-state index in [0.717, 1.165) is 19.5 Å². The molecule has 0 radical (unpaired) electrons. The number of methoxy groups -OCH3 is 1. The van der Waals surface area contributed by atoms with Crippen molar-refractivity contribution in [2.75, 3.05) is 25.5 Å². The first-order valence-corrected chi connectivity index (χ1v) is 9.05. The third-order valence-corrected chi connectivity index (χ3v) is 5.25. The molecular formula is C18H24ClN3O3. The Balaban J connectivity index is 1.73. The fourth-order valence-electron chi connectivity index (χ4n) is 3.81. The van der Waals surface area contributed by atoms with E-state index >= 15 is 0 Å². The van der Waals surface area contributed by atoms with Crippen molar-refractivity contribution >= 4 is 29.1 Å². The molecule has 2 N–H and O–H groups in total. The quantitative estimate of drug-likeness (QED) is 0.860. The average molecular weight is 366 g/mol. The van der Waals surface area contributed by atoms with Gasteiger partial charge in [-0.1, -0.05) is 18.0 Å². The largest absolute Gasteiger partial charge is 0.496 e. The molecule has 1 aromatic rings. The Morgan fingerprint density at radius 2 is 2.12 bits per heavy atom. The first kappa shape index (κ1) is 18.0. The van der Waals surface area contributed by atoms with Gasteiger partial charge < -0.3 is 15.4 Å². The summed E-state index contributed by atoms with van der Waals surface area (Å²) in [6, 6.07) is 3.86. The van der Waals surface area contributed by atoms with Crippen LogP contribution >= 0.6 is 11.6 Å². The van der Waals surface area contributed by atoms with E-state index in [9.17, 15) is 9.59 Å². The number of piperidine rings is 1. The number of benzene rings is 1. The third kappa shape index (κ3) is 4.07. The maximum absolute atomic E-state index is 12.7. The number of halogens is 1. The number of amides is 2. The number of carbonyl (C=O) groups excluding carboxylic acids is 2. The first-order valence-electron chi connectivity index (χ1n) is 8.68. The predicted molar refractivity (Wildman–Crippen MR) is 97.4 cm³/mol. The number of hydrogen-bond acceptors (Lipinski definition) is 4. The molecule has 2 heterocycles. The highest BCUT2D eigenvalue weighted by Crippen LogP contribution is 2.32. The number of anilines is 1. The van der Waals surface area contributed by atoms with Crippen molar-refractivity contribution in [1.82, 2.24) is 10.2 Å². The van der Waals surface area contributed by atoms with Crippen LogP contribution in [0.1, 0.15) is 43.0 Å². The number of hydrogen-bond donors (Lipinski definition) is 2. The zero-order valence-electron chi connectivity index (χ0n) is 14.6. The second kappa shape index (κ2) is 7.62. The van der Waals surface area contributed by atoms with Crippen LogP contribution in [-0.2, 0) is 4.79 Å². The van der Waals surface area contributed by atoms with E-state index in [1.165, 1.54) is 33.3 Å². The molecule has 0 aromatic heterocycles. The van der Waals surface area contributed by atoms with Crippen molar-refractivity contribution in [1.29, 1.82) is 0 Å². The molecule has 6 nitrogen and oxygen atoms in total. The molecule has 0 bridgehead atoms. The summed E-state index contributed by atoms with van der Waals surface area (Å²) in [5, 5.41) is 6.05. The molecule has 2 fully saturated rings. The molecule has 2 aliphatic rings. The SMILES string of the molecule is COc1cc(NC(C)=O)c(Cl)cc1C(=O)NC1CC2CCCCN2C1. The summed E-state index contributed by atoms with van der Waals surface area (Å²) < 4.78 is 5.32. The lowest BCUT2D eigenvalue weighted by Gasteiger charge is -2.28. The van der Waals surface area contributed by atoms with Crippen LogP contribution in [0, 0.1) is 0 Å². The van der Waals surface area contributed by atoms with Gasteiger partial charge in [0.2, 0.25) is 5.91 Å². The van der Waals surface area contributed by atoms with E-state index in [2.05, 4.69) is 15.5 Å². The highest BCUT2D eigenvalue weighted by Gasteiger charge is 2.34. The summed E-state index contributed by atoms with van der Waals surface area (Å²) in [6.45, 7) is 3.42. The lowest BCUT2D eigenvalue weighted by molar-refractivity contribution is -0.114. The van der Waals surface area contributed by atoms with Crippen LogP contribution in [0.4, 0.5) is 5.69 Å². The van der Waals surface area contributed by atoms with Gasteiger partial charge in [-0.3, -0.25) is 14.5 Å². The van der Waals surface area contributed by atoms with Gasteiger partial charge in [-0.2, -0.15) is 0 Å². The van der Waals surface area contributed by atoms with Crippen molar-refractivity contribution in [2.24, 2.45) is 0 Å². The fraction of sp³-hybridized carbons (Fsp3) is 0.556. The number of nitrogens with zero attached hydrogens (tertiary/aromatic N) is 1. The van der Waals surface area contributed by atoms with Gasteiger partial charge in [0.15, 0.2) is 0 Å². The molecule has 2 atom stereocenters. The average Bonchev–Trinajstić information content (AvgIpc) is 2.98. The molecule has 7 heteroatoms. The monoisotopic (exact) mass is 365 g/mol. The molecule has 3 rings (SSSR count). The van der Waals surface area contributed by atoms with Crippen LogP contribution in [-0.4, -0.2) is 49.0 Å². The van der Waals surface area contributed by atoms with E-state index in [1.807, 2.05) is 0 Å². The minimum absolute atomic E-state index is 0.147. The number of ether oxygens (including phenoxy) is 1. The Morgan fingerprint density at radius 1 is 1.32 bits per heavy atom. The molecule has 2 aliphatic heterocycles. The fourth-order valence-corrected chi connectivity index (χ4v) is 4.02. The second-order valence-electron chi connectivity index (χ2n) is 6.76. The zero-order valence-corrected chi connectivity index (χ0v) is 15.4. The Hall–Kier alpha value is -1.79. The van der Waals surface area contributed by atoms with Crippen molar-refractivity contribution in [2.45, 2.75) is 44.7 Å². The van der Waals surface area contributed by atoms with Gasteiger partial charge in [-0.15, -0.1) is 0 Å². The molecule has 0 saturated carbocycles. The molecule has 2 amide bonds. The Labute approximate surface area is 152 Å². The maximum Gasteiger partial charge on any atom is 0.255 e. The summed E-state index contributed by atoms with van der Waals surface area (Å²) in [5.74, 6) is -0.0388. The van der Waals surface area contributed by atoms with Crippen LogP contribution in [0.3, 0.4) is 0 Å². The number of carbonyl (C=O) groups is 2. The Kier molecular flexibility index (Phi) is 5.49. The molecule has 0 spiro atoms. The van der Waals surface area contributed by atoms with Crippen LogP contribution in [0.15, 0.2) is 12.1 Å². The van der Waals surface area contributed by atoms with Gasteiger partial charge in [0, 0.05) is 31.6 Å². The number of rotatable bonds is 4. The summed E-state index contributed by atoms with van der Waals surface area (Å²) in [4.78, 5) is 26.4. The number of nitrogens with one attached hydrogen (secondary N) is 2. The lowest BCUT2D eigenvalue weighted by Crippen LogP contribution is -2.38. The van der Waals surface area contributed by atoms with Crippen molar-refractivity contribution in [3.63, 3.8) is 0 Å². The van der Waals surface area contributed by atoms with Crippen LogP contribution < -0.4 is 15.4 Å². The lowest BCUT2D eigenvalue weighted by atomic mass is 10.0. The van der Waals surface area contributed by atoms with Crippen LogP contribution in [0.2, 0.25) is 5.02 Å². The molecule has 1 aromatic carbocycles. The second-order valence-corrected chi connectivity index (χ2v) is 7.17. The smallest absolute Gasteiger partial charge is 0.255 e. The minimum Gasteiger partial charge on any atom is -0.496 e. The highest BCUT2D eigenvalue weighted by atomic mass is 35.5. The summed E-state index contributed by atoms with van der Waals surface area (Å²) in [7, 11) is 1.49. The van der Waals surface area contributed by atoms with Gasteiger partial charge >= 0.3 is 0 Å². The minimum atomic E-state index is -0.233. The van der Waals surface area contributed by atoms with Gasteiger partial charge in [0.05, 0.1) is 23.4 Å². The first-order chi connectivity index (χ1) is 12.0. The van der Waals surface area contributed by atoms with Crippen LogP contribution in [0.5, 0.6) is 5.75 Å². The van der Waals surface area contributed by atoms with E-state index < -0.39 is 0 Å². The van der Waals surface area contributed by atoms with Gasteiger partial charge in [-0.05, 0) is 31.9 Å². The third-order valence-electron chi connectivity index (χ3n) is 4.94.